The zero-order chi connectivity index (χ0) is 13.9. The molecule has 1 aromatic heterocycles. The molecule has 4 heteroatoms. The maximum Gasteiger partial charge on any atom is 0.134 e. The largest absolute Gasteiger partial charge is 0.497 e. The Balaban J connectivity index is 1.81. The summed E-state index contributed by atoms with van der Waals surface area (Å²) in [5, 5.41) is 4.53. The normalized spacial score (nSPS) is 10.7. The number of para-hydroxylation sites is 1. The quantitative estimate of drug-likeness (QED) is 0.744. The topological polar surface area (TPSA) is 34.4 Å². The van der Waals surface area contributed by atoms with Crippen LogP contribution in [0.5, 0.6) is 5.75 Å². The van der Waals surface area contributed by atoms with E-state index in [-0.39, 0.29) is 0 Å². The van der Waals surface area contributed by atoms with Gasteiger partial charge in [-0.1, -0.05) is 34.1 Å². The lowest BCUT2D eigenvalue weighted by molar-refractivity contribution is 0.414. The standard InChI is InChI=1S/C16H14BrNO2/c1-19-14-7-12(17)6-13(8-14)18-9-11-10-20-16-5-3-2-4-15(11)16/h2-8,10,18H,9H2,1H3. The van der Waals surface area contributed by atoms with Crippen molar-refractivity contribution in [3.63, 3.8) is 0 Å². The molecule has 0 aliphatic heterocycles. The Hall–Kier alpha value is -1.94. The molecule has 0 amide bonds. The number of hydrogen-bond acceptors (Lipinski definition) is 3. The van der Waals surface area contributed by atoms with Crippen LogP contribution in [0.3, 0.4) is 0 Å². The average Bonchev–Trinajstić information content (AvgIpc) is 2.88. The van der Waals surface area contributed by atoms with Crippen molar-refractivity contribution in [3.8, 4) is 5.75 Å². The zero-order valence-corrected chi connectivity index (χ0v) is 12.6. The molecule has 0 saturated heterocycles. The lowest BCUT2D eigenvalue weighted by Crippen LogP contribution is -1.99. The Kier molecular flexibility index (Phi) is 3.65. The summed E-state index contributed by atoms with van der Waals surface area (Å²) in [5.41, 5.74) is 3.05. The average molecular weight is 332 g/mol. The molecule has 20 heavy (non-hydrogen) atoms. The molecule has 0 aliphatic carbocycles. The first-order valence-corrected chi connectivity index (χ1v) is 7.09. The van der Waals surface area contributed by atoms with Gasteiger partial charge in [-0.25, -0.2) is 0 Å². The van der Waals surface area contributed by atoms with Crippen LogP contribution >= 0.6 is 15.9 Å². The van der Waals surface area contributed by atoms with Gasteiger partial charge in [-0.05, 0) is 18.2 Å². The first-order chi connectivity index (χ1) is 9.76. The zero-order valence-electron chi connectivity index (χ0n) is 11.0. The smallest absolute Gasteiger partial charge is 0.134 e. The second kappa shape index (κ2) is 5.59. The number of anilines is 1. The molecule has 1 heterocycles. The molecule has 3 nitrogen and oxygen atoms in total. The Morgan fingerprint density at radius 3 is 2.90 bits per heavy atom. The molecule has 2 aromatic carbocycles. The van der Waals surface area contributed by atoms with Crippen molar-refractivity contribution in [1.82, 2.24) is 0 Å². The predicted octanol–water partition coefficient (Wildman–Crippen LogP) is 4.82. The molecule has 3 aromatic rings. The Bertz CT molecular complexity index is 736. The van der Waals surface area contributed by atoms with E-state index in [4.69, 9.17) is 9.15 Å². The fourth-order valence-corrected chi connectivity index (χ4v) is 2.62. The first kappa shape index (κ1) is 13.1. The van der Waals surface area contributed by atoms with Crippen LogP contribution in [0.1, 0.15) is 5.56 Å². The highest BCUT2D eigenvalue weighted by atomic mass is 79.9. The molecule has 0 atom stereocenters. The first-order valence-electron chi connectivity index (χ1n) is 6.30. The third-order valence-corrected chi connectivity index (χ3v) is 3.61. The van der Waals surface area contributed by atoms with E-state index >= 15 is 0 Å². The molecule has 0 saturated carbocycles. The van der Waals surface area contributed by atoms with E-state index in [1.54, 1.807) is 13.4 Å². The molecule has 3 rings (SSSR count). The molecule has 0 aliphatic rings. The van der Waals surface area contributed by atoms with Crippen LogP contribution in [0.15, 0.2) is 57.6 Å². The van der Waals surface area contributed by atoms with Crippen LogP contribution in [-0.2, 0) is 6.54 Å². The minimum absolute atomic E-state index is 0.705. The number of ether oxygens (including phenoxy) is 1. The van der Waals surface area contributed by atoms with Gasteiger partial charge >= 0.3 is 0 Å². The summed E-state index contributed by atoms with van der Waals surface area (Å²) in [6.07, 6.45) is 1.80. The Labute approximate surface area is 125 Å². The number of nitrogens with one attached hydrogen (secondary N) is 1. The summed E-state index contributed by atoms with van der Waals surface area (Å²) in [5.74, 6) is 0.818. The van der Waals surface area contributed by atoms with E-state index in [1.165, 1.54) is 0 Å². The molecule has 0 spiro atoms. The van der Waals surface area contributed by atoms with Crippen molar-refractivity contribution in [2.24, 2.45) is 0 Å². The van der Waals surface area contributed by atoms with Gasteiger partial charge in [0, 0.05) is 33.7 Å². The van der Waals surface area contributed by atoms with E-state index in [0.29, 0.717) is 6.54 Å². The van der Waals surface area contributed by atoms with Crippen LogP contribution in [0, 0.1) is 0 Å². The number of benzene rings is 2. The van der Waals surface area contributed by atoms with Gasteiger partial charge in [-0.15, -0.1) is 0 Å². The van der Waals surface area contributed by atoms with Crippen LogP contribution in [-0.4, -0.2) is 7.11 Å². The summed E-state index contributed by atoms with van der Waals surface area (Å²) >= 11 is 3.47. The minimum atomic E-state index is 0.705. The monoisotopic (exact) mass is 331 g/mol. The lowest BCUT2D eigenvalue weighted by Gasteiger charge is -2.08. The van der Waals surface area contributed by atoms with Gasteiger partial charge in [0.15, 0.2) is 0 Å². The van der Waals surface area contributed by atoms with Gasteiger partial charge in [0.2, 0.25) is 0 Å². The SMILES string of the molecule is COc1cc(Br)cc(NCc2coc3ccccc23)c1. The van der Waals surface area contributed by atoms with Crippen LogP contribution in [0.2, 0.25) is 0 Å². The minimum Gasteiger partial charge on any atom is -0.497 e. The summed E-state index contributed by atoms with van der Waals surface area (Å²) in [6.45, 7) is 0.705. The molecule has 0 unspecified atom stereocenters. The molecule has 0 radical (unpaired) electrons. The van der Waals surface area contributed by atoms with Crippen molar-refractivity contribution in [3.05, 3.63) is 58.8 Å². The second-order valence-corrected chi connectivity index (χ2v) is 5.41. The number of halogens is 1. The van der Waals surface area contributed by atoms with Crippen LogP contribution in [0.4, 0.5) is 5.69 Å². The Morgan fingerprint density at radius 1 is 1.20 bits per heavy atom. The van der Waals surface area contributed by atoms with E-state index < -0.39 is 0 Å². The highest BCUT2D eigenvalue weighted by molar-refractivity contribution is 9.10. The van der Waals surface area contributed by atoms with Crippen LogP contribution < -0.4 is 10.1 Å². The maximum atomic E-state index is 5.53. The molecule has 0 fully saturated rings. The van der Waals surface area contributed by atoms with E-state index in [1.807, 2.05) is 36.4 Å². The molecule has 1 N–H and O–H groups in total. The Morgan fingerprint density at radius 2 is 2.05 bits per heavy atom. The summed E-state index contributed by atoms with van der Waals surface area (Å²) < 4.78 is 11.8. The number of furan rings is 1. The van der Waals surface area contributed by atoms with Gasteiger partial charge in [0.25, 0.3) is 0 Å². The van der Waals surface area contributed by atoms with Crippen LogP contribution in [0.25, 0.3) is 11.0 Å². The second-order valence-electron chi connectivity index (χ2n) is 4.49. The van der Waals surface area contributed by atoms with E-state index in [9.17, 15) is 0 Å². The number of fused-ring (bicyclic) bond motifs is 1. The van der Waals surface area contributed by atoms with E-state index in [2.05, 4.69) is 27.3 Å². The van der Waals surface area contributed by atoms with E-state index in [0.717, 1.165) is 32.4 Å². The third-order valence-electron chi connectivity index (χ3n) is 3.15. The van der Waals surface area contributed by atoms with Crippen molar-refractivity contribution < 1.29 is 9.15 Å². The van der Waals surface area contributed by atoms with Crippen molar-refractivity contribution in [2.45, 2.75) is 6.54 Å². The molecule has 0 bridgehead atoms. The number of hydrogen-bond donors (Lipinski definition) is 1. The lowest BCUT2D eigenvalue weighted by atomic mass is 10.2. The number of rotatable bonds is 4. The predicted molar refractivity (Wildman–Crippen MR) is 84.2 cm³/mol. The van der Waals surface area contributed by atoms with Gasteiger partial charge in [0.05, 0.1) is 13.4 Å². The maximum absolute atomic E-state index is 5.53. The molecular weight excluding hydrogens is 318 g/mol. The summed E-state index contributed by atoms with van der Waals surface area (Å²) in [6, 6.07) is 13.9. The summed E-state index contributed by atoms with van der Waals surface area (Å²) in [7, 11) is 1.66. The highest BCUT2D eigenvalue weighted by Crippen LogP contribution is 2.26. The van der Waals surface area contributed by atoms with Gasteiger partial charge in [-0.2, -0.15) is 0 Å². The van der Waals surface area contributed by atoms with Crippen molar-refractivity contribution in [1.29, 1.82) is 0 Å². The van der Waals surface area contributed by atoms with Gasteiger partial charge < -0.3 is 14.5 Å². The third kappa shape index (κ3) is 2.65. The van der Waals surface area contributed by atoms with Crippen molar-refractivity contribution >= 4 is 32.6 Å². The molecular formula is C16H14BrNO2. The number of methoxy groups -OCH3 is 1. The molecule has 102 valence electrons. The summed E-state index contributed by atoms with van der Waals surface area (Å²) in [4.78, 5) is 0. The van der Waals surface area contributed by atoms with Gasteiger partial charge in [-0.3, -0.25) is 0 Å². The highest BCUT2D eigenvalue weighted by Gasteiger charge is 2.05. The van der Waals surface area contributed by atoms with Crippen molar-refractivity contribution in [2.75, 3.05) is 12.4 Å². The fraction of sp³-hybridized carbons (Fsp3) is 0.125. The van der Waals surface area contributed by atoms with Gasteiger partial charge in [0.1, 0.15) is 11.3 Å². The fourth-order valence-electron chi connectivity index (χ4n) is 2.15.